The number of aromatic carboxylic acids is 1. The van der Waals surface area contributed by atoms with E-state index < -0.39 is 5.97 Å². The summed E-state index contributed by atoms with van der Waals surface area (Å²) >= 11 is 0. The van der Waals surface area contributed by atoms with Gasteiger partial charge in [-0.15, -0.1) is 0 Å². The molecule has 0 spiro atoms. The van der Waals surface area contributed by atoms with Gasteiger partial charge < -0.3 is 5.11 Å². The van der Waals surface area contributed by atoms with E-state index in [-0.39, 0.29) is 5.56 Å². The first-order chi connectivity index (χ1) is 11.3. The van der Waals surface area contributed by atoms with Crippen LogP contribution in [0.3, 0.4) is 0 Å². The number of hydrogen-bond donors (Lipinski definition) is 1. The third-order valence-electron chi connectivity index (χ3n) is 4.00. The first kappa shape index (κ1) is 13.5. The van der Waals surface area contributed by atoms with Gasteiger partial charge in [0.05, 0.1) is 16.6 Å². The van der Waals surface area contributed by atoms with Gasteiger partial charge in [0.1, 0.15) is 0 Å². The van der Waals surface area contributed by atoms with Crippen LogP contribution in [0.2, 0.25) is 0 Å². The van der Waals surface area contributed by atoms with E-state index in [1.165, 1.54) is 0 Å². The van der Waals surface area contributed by atoms with Gasteiger partial charge in [0, 0.05) is 16.3 Å². The fourth-order valence-corrected chi connectivity index (χ4v) is 3.00. The Balaban J connectivity index is 2.24. The molecule has 3 nitrogen and oxygen atoms in total. The molecule has 0 aliphatic rings. The van der Waals surface area contributed by atoms with E-state index in [1.54, 1.807) is 12.1 Å². The van der Waals surface area contributed by atoms with Crippen molar-refractivity contribution in [3.8, 4) is 11.1 Å². The van der Waals surface area contributed by atoms with Gasteiger partial charge in [-0.1, -0.05) is 60.7 Å². The number of para-hydroxylation sites is 2. The fourth-order valence-electron chi connectivity index (χ4n) is 3.00. The summed E-state index contributed by atoms with van der Waals surface area (Å²) in [6, 6.07) is 23.1. The van der Waals surface area contributed by atoms with Crippen LogP contribution >= 0.6 is 0 Å². The number of fused-ring (bicyclic) bond motifs is 2. The second kappa shape index (κ2) is 5.21. The first-order valence-corrected chi connectivity index (χ1v) is 7.36. The third-order valence-corrected chi connectivity index (χ3v) is 4.00. The molecular weight excluding hydrogens is 286 g/mol. The largest absolute Gasteiger partial charge is 0.478 e. The SMILES string of the molecule is O=C(O)c1cccc2c(-c3ccccc3)c3ccccc3nc12. The molecule has 0 amide bonds. The molecule has 0 bridgehead atoms. The highest BCUT2D eigenvalue weighted by atomic mass is 16.4. The van der Waals surface area contributed by atoms with Crippen LogP contribution in [0.15, 0.2) is 72.8 Å². The maximum Gasteiger partial charge on any atom is 0.337 e. The Hall–Kier alpha value is -3.20. The highest BCUT2D eigenvalue weighted by Gasteiger charge is 2.15. The number of aromatic nitrogens is 1. The number of pyridine rings is 1. The van der Waals surface area contributed by atoms with Crippen LogP contribution in [-0.2, 0) is 0 Å². The standard InChI is InChI=1S/C20H13NO2/c22-20(23)16-11-6-10-15-18(13-7-2-1-3-8-13)14-9-4-5-12-17(14)21-19(15)16/h1-12H,(H,22,23). The van der Waals surface area contributed by atoms with Gasteiger partial charge in [-0.25, -0.2) is 9.78 Å². The highest BCUT2D eigenvalue weighted by Crippen LogP contribution is 2.35. The van der Waals surface area contributed by atoms with Crippen molar-refractivity contribution < 1.29 is 9.90 Å². The van der Waals surface area contributed by atoms with Crippen molar-refractivity contribution in [2.45, 2.75) is 0 Å². The molecule has 110 valence electrons. The predicted molar refractivity (Wildman–Crippen MR) is 91.6 cm³/mol. The van der Waals surface area contributed by atoms with Crippen molar-refractivity contribution in [2.75, 3.05) is 0 Å². The van der Waals surface area contributed by atoms with Gasteiger partial charge in [0.2, 0.25) is 0 Å². The van der Waals surface area contributed by atoms with Gasteiger partial charge in [-0.05, 0) is 17.7 Å². The van der Waals surface area contributed by atoms with Crippen molar-refractivity contribution in [1.29, 1.82) is 0 Å². The molecule has 3 aromatic carbocycles. The third kappa shape index (κ3) is 2.14. The lowest BCUT2D eigenvalue weighted by molar-refractivity contribution is 0.0699. The minimum absolute atomic E-state index is 0.227. The van der Waals surface area contributed by atoms with Crippen molar-refractivity contribution in [2.24, 2.45) is 0 Å². The van der Waals surface area contributed by atoms with E-state index in [4.69, 9.17) is 0 Å². The summed E-state index contributed by atoms with van der Waals surface area (Å²) < 4.78 is 0. The molecule has 23 heavy (non-hydrogen) atoms. The molecule has 0 saturated carbocycles. The monoisotopic (exact) mass is 299 g/mol. The topological polar surface area (TPSA) is 50.2 Å². The van der Waals surface area contributed by atoms with Crippen LogP contribution in [-0.4, -0.2) is 16.1 Å². The van der Waals surface area contributed by atoms with Crippen LogP contribution in [0.4, 0.5) is 0 Å². The summed E-state index contributed by atoms with van der Waals surface area (Å²) in [4.78, 5) is 16.2. The molecule has 3 heteroatoms. The minimum atomic E-state index is -0.961. The zero-order valence-electron chi connectivity index (χ0n) is 12.2. The quantitative estimate of drug-likeness (QED) is 0.543. The molecule has 0 aliphatic heterocycles. The summed E-state index contributed by atoms with van der Waals surface area (Å²) in [5, 5.41) is 11.4. The number of nitrogens with zero attached hydrogens (tertiary/aromatic N) is 1. The molecule has 0 atom stereocenters. The number of carboxylic acid groups (broad SMARTS) is 1. The number of rotatable bonds is 2. The first-order valence-electron chi connectivity index (χ1n) is 7.36. The highest BCUT2D eigenvalue weighted by molar-refractivity contribution is 6.14. The van der Waals surface area contributed by atoms with Crippen LogP contribution in [0.25, 0.3) is 32.9 Å². The Morgan fingerprint density at radius 3 is 2.26 bits per heavy atom. The van der Waals surface area contributed by atoms with Crippen molar-refractivity contribution in [1.82, 2.24) is 4.98 Å². The fraction of sp³-hybridized carbons (Fsp3) is 0. The summed E-state index contributed by atoms with van der Waals surface area (Å²) in [7, 11) is 0. The summed E-state index contributed by atoms with van der Waals surface area (Å²) in [5.41, 5.74) is 3.63. The minimum Gasteiger partial charge on any atom is -0.478 e. The Morgan fingerprint density at radius 1 is 0.783 bits per heavy atom. The molecule has 1 N–H and O–H groups in total. The Bertz CT molecular complexity index is 1040. The zero-order chi connectivity index (χ0) is 15.8. The molecule has 1 aromatic heterocycles. The van der Waals surface area contributed by atoms with E-state index in [2.05, 4.69) is 4.98 Å². The van der Waals surface area contributed by atoms with Crippen molar-refractivity contribution in [3.63, 3.8) is 0 Å². The van der Waals surface area contributed by atoms with Crippen LogP contribution in [0.1, 0.15) is 10.4 Å². The van der Waals surface area contributed by atoms with Gasteiger partial charge in [-0.3, -0.25) is 0 Å². The maximum absolute atomic E-state index is 11.6. The average molecular weight is 299 g/mol. The van der Waals surface area contributed by atoms with Gasteiger partial charge in [0.15, 0.2) is 0 Å². The molecule has 0 aliphatic carbocycles. The Morgan fingerprint density at radius 2 is 1.48 bits per heavy atom. The maximum atomic E-state index is 11.6. The lowest BCUT2D eigenvalue weighted by Crippen LogP contribution is -2.00. The Kier molecular flexibility index (Phi) is 3.05. The smallest absolute Gasteiger partial charge is 0.337 e. The van der Waals surface area contributed by atoms with E-state index in [0.29, 0.717) is 5.52 Å². The summed E-state index contributed by atoms with van der Waals surface area (Å²) in [5.74, 6) is -0.961. The Labute approximate surface area is 132 Å². The molecule has 0 fully saturated rings. The molecule has 0 saturated heterocycles. The number of benzene rings is 3. The average Bonchev–Trinajstić information content (AvgIpc) is 2.59. The molecule has 4 rings (SSSR count). The molecule has 4 aromatic rings. The summed E-state index contributed by atoms with van der Waals surface area (Å²) in [6.45, 7) is 0. The second-order valence-electron chi connectivity index (χ2n) is 5.38. The molecule has 0 radical (unpaired) electrons. The van der Waals surface area contributed by atoms with Gasteiger partial charge in [-0.2, -0.15) is 0 Å². The number of carboxylic acids is 1. The molecule has 1 heterocycles. The molecular formula is C20H13NO2. The summed E-state index contributed by atoms with van der Waals surface area (Å²) in [6.07, 6.45) is 0. The normalized spacial score (nSPS) is 11.0. The van der Waals surface area contributed by atoms with Crippen molar-refractivity contribution in [3.05, 3.63) is 78.4 Å². The van der Waals surface area contributed by atoms with E-state index in [1.807, 2.05) is 60.7 Å². The van der Waals surface area contributed by atoms with Gasteiger partial charge >= 0.3 is 5.97 Å². The molecule has 0 unspecified atom stereocenters. The second-order valence-corrected chi connectivity index (χ2v) is 5.38. The van der Waals surface area contributed by atoms with E-state index >= 15 is 0 Å². The lowest BCUT2D eigenvalue weighted by Gasteiger charge is -2.12. The van der Waals surface area contributed by atoms with Gasteiger partial charge in [0.25, 0.3) is 0 Å². The van der Waals surface area contributed by atoms with Crippen LogP contribution < -0.4 is 0 Å². The van der Waals surface area contributed by atoms with E-state index in [0.717, 1.165) is 27.4 Å². The predicted octanol–water partition coefficient (Wildman–Crippen LogP) is 4.75. The zero-order valence-corrected chi connectivity index (χ0v) is 12.2. The number of carbonyl (C=O) groups is 1. The van der Waals surface area contributed by atoms with Crippen LogP contribution in [0, 0.1) is 0 Å². The lowest BCUT2D eigenvalue weighted by atomic mass is 9.95. The van der Waals surface area contributed by atoms with Crippen LogP contribution in [0.5, 0.6) is 0 Å². The number of hydrogen-bond acceptors (Lipinski definition) is 2. The van der Waals surface area contributed by atoms with Crippen molar-refractivity contribution >= 4 is 27.8 Å². The van der Waals surface area contributed by atoms with E-state index in [9.17, 15) is 9.90 Å².